The van der Waals surface area contributed by atoms with Gasteiger partial charge in [0.15, 0.2) is 6.23 Å². The molecule has 2 aliphatic heterocycles. The van der Waals surface area contributed by atoms with Gasteiger partial charge in [-0.2, -0.15) is 5.10 Å². The molecule has 3 heterocycles. The fourth-order valence-electron chi connectivity index (χ4n) is 3.36. The van der Waals surface area contributed by atoms with Crippen LogP contribution in [-0.2, 0) is 11.3 Å². The molecule has 0 unspecified atom stereocenters. The highest BCUT2D eigenvalue weighted by molar-refractivity contribution is 5.02. The van der Waals surface area contributed by atoms with Gasteiger partial charge in [0, 0.05) is 52.1 Å². The Labute approximate surface area is 133 Å². The van der Waals surface area contributed by atoms with Crippen LogP contribution in [0.5, 0.6) is 0 Å². The molecule has 0 bridgehead atoms. The lowest BCUT2D eigenvalue weighted by Gasteiger charge is -2.35. The van der Waals surface area contributed by atoms with Crippen LogP contribution in [0.15, 0.2) is 24.4 Å². The van der Waals surface area contributed by atoms with Gasteiger partial charge in [-0.15, -0.1) is 0 Å². The Morgan fingerprint density at radius 1 is 1.27 bits per heavy atom. The van der Waals surface area contributed by atoms with E-state index in [-0.39, 0.29) is 6.23 Å². The van der Waals surface area contributed by atoms with E-state index in [1.165, 1.54) is 24.1 Å². The molecule has 2 aliphatic rings. The topological polar surface area (TPSA) is 33.5 Å². The van der Waals surface area contributed by atoms with Gasteiger partial charge in [0.25, 0.3) is 0 Å². The van der Waals surface area contributed by atoms with Crippen molar-refractivity contribution in [2.75, 3.05) is 39.3 Å². The van der Waals surface area contributed by atoms with Crippen molar-refractivity contribution in [1.29, 1.82) is 0 Å². The highest BCUT2D eigenvalue weighted by Gasteiger charge is 2.22. The Bertz CT molecular complexity index is 485. The van der Waals surface area contributed by atoms with E-state index >= 15 is 0 Å². The first kappa shape index (κ1) is 15.7. The summed E-state index contributed by atoms with van der Waals surface area (Å²) in [4.78, 5) is 5.01. The number of ether oxygens (including phenoxy) is 1. The highest BCUT2D eigenvalue weighted by Crippen LogP contribution is 2.23. The van der Waals surface area contributed by atoms with Crippen LogP contribution in [-0.4, -0.2) is 58.9 Å². The van der Waals surface area contributed by atoms with Gasteiger partial charge in [0.05, 0.1) is 5.69 Å². The second-order valence-electron chi connectivity index (χ2n) is 6.60. The monoisotopic (exact) mass is 304 g/mol. The lowest BCUT2D eigenvalue weighted by atomic mass is 10.2. The third-order valence-electron chi connectivity index (χ3n) is 4.52. The molecule has 0 spiro atoms. The zero-order valence-electron chi connectivity index (χ0n) is 13.7. The number of rotatable bonds is 5. The Balaban J connectivity index is 1.54. The molecule has 5 nitrogen and oxygen atoms in total. The molecule has 0 radical (unpaired) electrons. The van der Waals surface area contributed by atoms with Crippen LogP contribution in [0.2, 0.25) is 0 Å². The van der Waals surface area contributed by atoms with Gasteiger partial charge in [-0.1, -0.05) is 12.2 Å². The van der Waals surface area contributed by atoms with Gasteiger partial charge >= 0.3 is 0 Å². The van der Waals surface area contributed by atoms with E-state index in [1.54, 1.807) is 0 Å². The van der Waals surface area contributed by atoms with E-state index in [0.717, 1.165) is 52.3 Å². The average molecular weight is 304 g/mol. The zero-order chi connectivity index (χ0) is 15.4. The standard InChI is InChI=1S/C17H28N4O/c1-15(2)13-19-8-10-20(11-9-19)14-16-6-7-18-21(16)17-5-3-4-12-22-17/h6-7,17H,1,3-5,8-14H2,2H3/t17-/m0/s1. The molecular weight excluding hydrogens is 276 g/mol. The number of nitrogens with zero attached hydrogens (tertiary/aromatic N) is 4. The van der Waals surface area contributed by atoms with Gasteiger partial charge in [0.1, 0.15) is 0 Å². The second-order valence-corrected chi connectivity index (χ2v) is 6.60. The largest absolute Gasteiger partial charge is 0.357 e. The normalized spacial score (nSPS) is 24.5. The van der Waals surface area contributed by atoms with Crippen LogP contribution in [0.4, 0.5) is 0 Å². The van der Waals surface area contributed by atoms with Crippen LogP contribution in [0.25, 0.3) is 0 Å². The fourth-order valence-corrected chi connectivity index (χ4v) is 3.36. The molecule has 122 valence electrons. The molecule has 1 aromatic heterocycles. The van der Waals surface area contributed by atoms with Crippen molar-refractivity contribution in [3.05, 3.63) is 30.1 Å². The lowest BCUT2D eigenvalue weighted by molar-refractivity contribution is -0.0423. The van der Waals surface area contributed by atoms with Crippen molar-refractivity contribution in [3.63, 3.8) is 0 Å². The maximum absolute atomic E-state index is 5.88. The molecule has 5 heteroatoms. The third kappa shape index (κ3) is 3.97. The van der Waals surface area contributed by atoms with Crippen molar-refractivity contribution in [2.45, 2.75) is 39.0 Å². The van der Waals surface area contributed by atoms with Crippen molar-refractivity contribution in [2.24, 2.45) is 0 Å². The summed E-state index contributed by atoms with van der Waals surface area (Å²) in [6, 6.07) is 2.14. The molecule has 22 heavy (non-hydrogen) atoms. The fraction of sp³-hybridized carbons (Fsp3) is 0.706. The third-order valence-corrected chi connectivity index (χ3v) is 4.52. The van der Waals surface area contributed by atoms with Crippen molar-refractivity contribution in [1.82, 2.24) is 19.6 Å². The molecule has 0 N–H and O–H groups in total. The Hall–Kier alpha value is -1.17. The molecule has 2 fully saturated rings. The Kier molecular flexibility index (Phi) is 5.28. The predicted molar refractivity (Wildman–Crippen MR) is 87.6 cm³/mol. The SMILES string of the molecule is C=C(C)CN1CCN(Cc2ccnn2[C@@H]2CCCCO2)CC1. The lowest BCUT2D eigenvalue weighted by Crippen LogP contribution is -2.46. The molecule has 0 aromatic carbocycles. The van der Waals surface area contributed by atoms with E-state index in [9.17, 15) is 0 Å². The van der Waals surface area contributed by atoms with Crippen molar-refractivity contribution >= 4 is 0 Å². The number of hydrogen-bond acceptors (Lipinski definition) is 4. The summed E-state index contributed by atoms with van der Waals surface area (Å²) in [7, 11) is 0. The van der Waals surface area contributed by atoms with E-state index < -0.39 is 0 Å². The van der Waals surface area contributed by atoms with E-state index in [1.807, 2.05) is 6.20 Å². The Morgan fingerprint density at radius 2 is 2.05 bits per heavy atom. The summed E-state index contributed by atoms with van der Waals surface area (Å²) in [5, 5.41) is 4.50. The van der Waals surface area contributed by atoms with Crippen LogP contribution in [0.3, 0.4) is 0 Å². The summed E-state index contributed by atoms with van der Waals surface area (Å²) in [5.74, 6) is 0. The van der Waals surface area contributed by atoms with Crippen LogP contribution < -0.4 is 0 Å². The number of piperazine rings is 1. The first-order valence-corrected chi connectivity index (χ1v) is 8.45. The molecule has 0 saturated carbocycles. The smallest absolute Gasteiger partial charge is 0.150 e. The molecule has 2 saturated heterocycles. The average Bonchev–Trinajstić information content (AvgIpc) is 2.98. The second kappa shape index (κ2) is 7.40. The number of aromatic nitrogens is 2. The first-order chi connectivity index (χ1) is 10.7. The quantitative estimate of drug-likeness (QED) is 0.782. The van der Waals surface area contributed by atoms with Crippen molar-refractivity contribution < 1.29 is 4.74 Å². The van der Waals surface area contributed by atoms with Gasteiger partial charge < -0.3 is 4.74 Å². The maximum atomic E-state index is 5.88. The van der Waals surface area contributed by atoms with E-state index in [0.29, 0.717) is 0 Å². The molecule has 1 aromatic rings. The Morgan fingerprint density at radius 3 is 2.73 bits per heavy atom. The molecule has 1 atom stereocenters. The molecule has 0 aliphatic carbocycles. The summed E-state index contributed by atoms with van der Waals surface area (Å²) in [5.41, 5.74) is 2.53. The van der Waals surface area contributed by atoms with Crippen LogP contribution in [0, 0.1) is 0 Å². The summed E-state index contributed by atoms with van der Waals surface area (Å²) in [6.07, 6.45) is 5.55. The highest BCUT2D eigenvalue weighted by atomic mass is 16.5. The minimum atomic E-state index is 0.142. The van der Waals surface area contributed by atoms with Gasteiger partial charge in [-0.3, -0.25) is 9.80 Å². The summed E-state index contributed by atoms with van der Waals surface area (Å²) < 4.78 is 7.97. The minimum Gasteiger partial charge on any atom is -0.357 e. The molecule has 3 rings (SSSR count). The predicted octanol–water partition coefficient (Wildman–Crippen LogP) is 2.28. The van der Waals surface area contributed by atoms with Gasteiger partial charge in [0.2, 0.25) is 0 Å². The molecule has 0 amide bonds. The van der Waals surface area contributed by atoms with Gasteiger partial charge in [-0.25, -0.2) is 4.68 Å². The van der Waals surface area contributed by atoms with Gasteiger partial charge in [-0.05, 0) is 32.3 Å². The van der Waals surface area contributed by atoms with Crippen LogP contribution >= 0.6 is 0 Å². The summed E-state index contributed by atoms with van der Waals surface area (Å²) in [6.45, 7) is 13.5. The number of hydrogen-bond donors (Lipinski definition) is 0. The molecular formula is C17H28N4O. The minimum absolute atomic E-state index is 0.142. The van der Waals surface area contributed by atoms with Crippen LogP contribution in [0.1, 0.15) is 38.1 Å². The maximum Gasteiger partial charge on any atom is 0.150 e. The van der Waals surface area contributed by atoms with Crippen molar-refractivity contribution in [3.8, 4) is 0 Å². The van der Waals surface area contributed by atoms with E-state index in [2.05, 4.69) is 39.1 Å². The zero-order valence-corrected chi connectivity index (χ0v) is 13.7. The van der Waals surface area contributed by atoms with E-state index in [4.69, 9.17) is 4.74 Å². The first-order valence-electron chi connectivity index (χ1n) is 8.45. The summed E-state index contributed by atoms with van der Waals surface area (Å²) >= 11 is 0.